The van der Waals surface area contributed by atoms with Crippen molar-refractivity contribution in [2.75, 3.05) is 42.7 Å². The number of hydrogen-bond acceptors (Lipinski definition) is 9. The molecule has 0 unspecified atom stereocenters. The van der Waals surface area contributed by atoms with Gasteiger partial charge in [-0.25, -0.2) is 17.7 Å². The summed E-state index contributed by atoms with van der Waals surface area (Å²) < 4.78 is 61.6. The first kappa shape index (κ1) is 29.5. The maximum atomic E-state index is 13.5. The van der Waals surface area contributed by atoms with E-state index in [9.17, 15) is 21.9 Å². The van der Waals surface area contributed by atoms with Gasteiger partial charge in [-0.2, -0.15) is 17.7 Å². The molecule has 1 fully saturated rings. The van der Waals surface area contributed by atoms with Gasteiger partial charge in [-0.15, -0.1) is 0 Å². The predicted molar refractivity (Wildman–Crippen MR) is 146 cm³/mol. The molecular formula is C23H37N5O6S2Si. The van der Waals surface area contributed by atoms with E-state index in [1.807, 2.05) is 0 Å². The summed E-state index contributed by atoms with van der Waals surface area (Å²) in [6, 6.07) is 10.4. The van der Waals surface area contributed by atoms with Gasteiger partial charge in [0.15, 0.2) is 5.82 Å². The maximum Gasteiger partial charge on any atom is 0.307 e. The van der Waals surface area contributed by atoms with Crippen LogP contribution in [0.2, 0.25) is 25.7 Å². The summed E-state index contributed by atoms with van der Waals surface area (Å²) in [7, 11) is -9.46. The third-order valence-corrected chi connectivity index (χ3v) is 10.7. The van der Waals surface area contributed by atoms with Crippen LogP contribution in [-0.4, -0.2) is 83.4 Å². The molecule has 1 saturated heterocycles. The Balaban J connectivity index is 2.02. The highest BCUT2D eigenvalue weighted by Gasteiger charge is 2.36. The minimum absolute atomic E-state index is 0.0871. The van der Waals surface area contributed by atoms with E-state index in [-0.39, 0.29) is 30.7 Å². The highest BCUT2D eigenvalue weighted by Crippen LogP contribution is 2.27. The van der Waals surface area contributed by atoms with E-state index in [0.717, 1.165) is 16.8 Å². The summed E-state index contributed by atoms with van der Waals surface area (Å²) in [5, 5.41) is 11.9. The van der Waals surface area contributed by atoms with Crippen LogP contribution in [0.15, 0.2) is 41.6 Å². The zero-order chi connectivity index (χ0) is 27.3. The molecule has 1 aromatic heterocycles. The van der Waals surface area contributed by atoms with E-state index in [2.05, 4.69) is 34.9 Å². The molecule has 0 saturated carbocycles. The summed E-state index contributed by atoms with van der Waals surface area (Å²) in [5.74, 6) is -0.379. The highest BCUT2D eigenvalue weighted by atomic mass is 32.2. The molecule has 206 valence electrons. The number of nitrogens with one attached hydrogen (secondary N) is 1. The lowest BCUT2D eigenvalue weighted by molar-refractivity contribution is 0.154. The van der Waals surface area contributed by atoms with Crippen LogP contribution in [-0.2, 0) is 30.5 Å². The van der Waals surface area contributed by atoms with Crippen LogP contribution in [0.4, 0.5) is 11.6 Å². The highest BCUT2D eigenvalue weighted by molar-refractivity contribution is 7.90. The number of ether oxygens (including phenoxy) is 1. The van der Waals surface area contributed by atoms with Gasteiger partial charge in [0.2, 0.25) is 9.84 Å². The number of aliphatic hydroxyl groups excluding tert-OH is 1. The molecule has 1 aliphatic rings. The fourth-order valence-electron chi connectivity index (χ4n) is 3.34. The predicted octanol–water partition coefficient (Wildman–Crippen LogP) is 2.31. The number of aromatic nitrogens is 2. The lowest BCUT2D eigenvalue weighted by Gasteiger charge is -2.35. The minimum Gasteiger partial charge on any atom is -0.394 e. The third kappa shape index (κ3) is 8.19. The molecule has 3 rings (SSSR count). The lowest BCUT2D eigenvalue weighted by atomic mass is 10.2. The van der Waals surface area contributed by atoms with Crippen molar-refractivity contribution >= 4 is 39.8 Å². The van der Waals surface area contributed by atoms with Crippen LogP contribution in [0.1, 0.15) is 18.9 Å². The zero-order valence-electron chi connectivity index (χ0n) is 21.8. The number of rotatable bonds is 14. The topological polar surface area (TPSA) is 142 Å². The van der Waals surface area contributed by atoms with E-state index >= 15 is 0 Å². The number of anilines is 2. The Kier molecular flexibility index (Phi) is 9.69. The molecule has 1 aliphatic heterocycles. The molecule has 0 radical (unpaired) electrons. The number of hydrogen-bond donors (Lipinski definition) is 2. The second kappa shape index (κ2) is 12.2. The van der Waals surface area contributed by atoms with Gasteiger partial charge < -0.3 is 15.2 Å². The van der Waals surface area contributed by atoms with Crippen LogP contribution < -0.4 is 9.62 Å². The molecule has 14 heteroatoms. The Morgan fingerprint density at radius 2 is 1.81 bits per heavy atom. The van der Waals surface area contributed by atoms with Gasteiger partial charge in [-0.1, -0.05) is 50.0 Å². The molecule has 1 aromatic carbocycles. The molecule has 37 heavy (non-hydrogen) atoms. The van der Waals surface area contributed by atoms with Crippen molar-refractivity contribution in [1.29, 1.82) is 0 Å². The fourth-order valence-corrected chi connectivity index (χ4v) is 6.87. The Labute approximate surface area is 221 Å². The van der Waals surface area contributed by atoms with Crippen molar-refractivity contribution in [3.8, 4) is 0 Å². The first-order valence-corrected chi connectivity index (χ1v) is 19.0. The van der Waals surface area contributed by atoms with Crippen LogP contribution in [0.5, 0.6) is 0 Å². The van der Waals surface area contributed by atoms with Gasteiger partial charge in [-0.05, 0) is 25.0 Å². The van der Waals surface area contributed by atoms with Gasteiger partial charge in [-0.3, -0.25) is 0 Å². The molecule has 2 heterocycles. The quantitative estimate of drug-likeness (QED) is 0.151. The molecule has 0 amide bonds. The van der Waals surface area contributed by atoms with Gasteiger partial charge in [0.1, 0.15) is 12.5 Å². The van der Waals surface area contributed by atoms with E-state index in [4.69, 9.17) is 4.74 Å². The summed E-state index contributed by atoms with van der Waals surface area (Å²) >= 11 is 0. The van der Waals surface area contributed by atoms with Crippen molar-refractivity contribution in [2.24, 2.45) is 0 Å². The summed E-state index contributed by atoms with van der Waals surface area (Å²) in [4.78, 5) is 8.39. The Hall–Kier alpha value is -2.10. The third-order valence-electron chi connectivity index (χ3n) is 5.72. The van der Waals surface area contributed by atoms with Crippen molar-refractivity contribution in [2.45, 2.75) is 56.0 Å². The molecule has 0 aliphatic carbocycles. The monoisotopic (exact) mass is 571 g/mol. The van der Waals surface area contributed by atoms with Crippen molar-refractivity contribution < 1.29 is 26.7 Å². The Morgan fingerprint density at radius 1 is 1.14 bits per heavy atom. The molecule has 2 N–H and O–H groups in total. The normalized spacial score (nSPS) is 15.7. The lowest BCUT2D eigenvalue weighted by Crippen LogP contribution is -2.51. The van der Waals surface area contributed by atoms with Crippen molar-refractivity contribution in [1.82, 2.24) is 14.3 Å². The van der Waals surface area contributed by atoms with Crippen LogP contribution in [0.25, 0.3) is 0 Å². The number of nitrogens with zero attached hydrogens (tertiary/aromatic N) is 4. The maximum absolute atomic E-state index is 13.5. The van der Waals surface area contributed by atoms with Crippen LogP contribution in [0, 0.1) is 0 Å². The number of sulfone groups is 1. The fraction of sp³-hybridized carbons (Fsp3) is 0.565. The Morgan fingerprint density at radius 3 is 2.38 bits per heavy atom. The van der Waals surface area contributed by atoms with E-state index < -0.39 is 39.3 Å². The Bertz CT molecular complexity index is 1250. The van der Waals surface area contributed by atoms with Crippen molar-refractivity contribution in [3.63, 3.8) is 0 Å². The average Bonchev–Trinajstić information content (AvgIpc) is 2.76. The first-order valence-electron chi connectivity index (χ1n) is 12.2. The molecule has 11 nitrogen and oxygen atoms in total. The first-order chi connectivity index (χ1) is 17.3. The number of aliphatic hydroxyl groups is 1. The van der Waals surface area contributed by atoms with E-state index in [1.165, 1.54) is 10.4 Å². The SMILES string of the molecule is C[C@H](CO)Nc1cc(N(COCC[Si](C)(C)C)S(=O)(=O)N2CCC2)nc(S(=O)(=O)Cc2ccccc2)n1. The smallest absolute Gasteiger partial charge is 0.307 e. The van der Waals surface area contributed by atoms with Crippen LogP contribution in [0.3, 0.4) is 0 Å². The average molecular weight is 572 g/mol. The molecule has 2 aromatic rings. The molecular weight excluding hydrogens is 535 g/mol. The van der Waals surface area contributed by atoms with Crippen molar-refractivity contribution in [3.05, 3.63) is 42.0 Å². The largest absolute Gasteiger partial charge is 0.394 e. The van der Waals surface area contributed by atoms with Gasteiger partial charge >= 0.3 is 10.2 Å². The van der Waals surface area contributed by atoms with Crippen LogP contribution >= 0.6 is 0 Å². The van der Waals surface area contributed by atoms with E-state index in [1.54, 1.807) is 37.3 Å². The standard InChI is InChI=1S/C23H37N5O6S2Si/c1-19(16-29)24-21-15-22(26-23(25-21)35(30,31)17-20-9-6-5-7-10-20)28(18-34-13-14-37(2,3)4)36(32,33)27-11-8-12-27/h5-7,9-10,15,19,29H,8,11-14,16-18H2,1-4H3,(H,24,25,26)/t19-/m1/s1. The van der Waals surface area contributed by atoms with E-state index in [0.29, 0.717) is 25.3 Å². The zero-order valence-corrected chi connectivity index (χ0v) is 24.4. The molecule has 0 bridgehead atoms. The minimum atomic E-state index is -4.03. The van der Waals surface area contributed by atoms with Gasteiger partial charge in [0.25, 0.3) is 5.16 Å². The molecule has 1 atom stereocenters. The summed E-state index contributed by atoms with van der Waals surface area (Å²) in [5.41, 5.74) is 0.550. The van der Waals surface area contributed by atoms with Gasteiger partial charge in [0.05, 0.1) is 12.4 Å². The molecule has 0 spiro atoms. The summed E-state index contributed by atoms with van der Waals surface area (Å²) in [6.45, 7) is 8.83. The van der Waals surface area contributed by atoms with Gasteiger partial charge in [0, 0.05) is 39.9 Å². The number of benzene rings is 1. The second-order valence-electron chi connectivity index (χ2n) is 10.3. The second-order valence-corrected chi connectivity index (χ2v) is 19.7. The summed E-state index contributed by atoms with van der Waals surface area (Å²) in [6.07, 6.45) is 0.741.